The number of unbranched alkanes of at least 4 members (excludes halogenated alkanes) is 1. The molecule has 0 bridgehead atoms. The number of benzene rings is 1. The van der Waals surface area contributed by atoms with Gasteiger partial charge >= 0.3 is 0 Å². The molecule has 1 aromatic carbocycles. The fourth-order valence-electron chi connectivity index (χ4n) is 2.52. The van der Waals surface area contributed by atoms with E-state index in [-0.39, 0.29) is 16.9 Å². The second-order valence-electron chi connectivity index (χ2n) is 8.21. The maximum absolute atomic E-state index is 10.7. The van der Waals surface area contributed by atoms with E-state index in [1.54, 1.807) is 0 Å². The molecule has 0 fully saturated rings. The molecule has 0 spiro atoms. The van der Waals surface area contributed by atoms with Crippen LogP contribution in [0.2, 0.25) is 0 Å². The van der Waals surface area contributed by atoms with Crippen LogP contribution in [0.25, 0.3) is 0 Å². The van der Waals surface area contributed by atoms with Crippen molar-refractivity contribution in [3.63, 3.8) is 0 Å². The van der Waals surface area contributed by atoms with Gasteiger partial charge in [-0.15, -0.1) is 0 Å². The molecule has 2 nitrogen and oxygen atoms in total. The molecule has 1 aromatic rings. The number of hydrogen-bond acceptors (Lipinski definition) is 2. The lowest BCUT2D eigenvalue weighted by Crippen LogP contribution is -2.20. The molecule has 0 unspecified atom stereocenters. The van der Waals surface area contributed by atoms with Crippen LogP contribution in [-0.2, 0) is 10.8 Å². The first-order valence-electron chi connectivity index (χ1n) is 8.12. The van der Waals surface area contributed by atoms with Gasteiger partial charge in [-0.1, -0.05) is 67.4 Å². The lowest BCUT2D eigenvalue weighted by atomic mass is 9.78. The summed E-state index contributed by atoms with van der Waals surface area (Å²) in [4.78, 5) is 0. The third-order valence-electron chi connectivity index (χ3n) is 4.08. The molecule has 0 saturated heterocycles. The summed E-state index contributed by atoms with van der Waals surface area (Å²) in [6.07, 6.45) is 3.13. The molecule has 0 aromatic heterocycles. The SMILES string of the molecule is CCCC[C@H](N)c1cc(C(C)(C)C)cc(C(C)(C)C)c1O. The minimum absolute atomic E-state index is 0.0485. The topological polar surface area (TPSA) is 46.2 Å². The van der Waals surface area contributed by atoms with Gasteiger partial charge in [0.25, 0.3) is 0 Å². The number of phenolic OH excluding ortho intramolecular Hbond substituents is 1. The van der Waals surface area contributed by atoms with Crippen LogP contribution in [0.1, 0.15) is 90.5 Å². The fourth-order valence-corrected chi connectivity index (χ4v) is 2.52. The molecule has 0 aliphatic carbocycles. The maximum Gasteiger partial charge on any atom is 0.124 e. The molecular weight excluding hydrogens is 258 g/mol. The average molecular weight is 291 g/mol. The number of hydrogen-bond donors (Lipinski definition) is 2. The first kappa shape index (κ1) is 18.0. The van der Waals surface area contributed by atoms with E-state index in [4.69, 9.17) is 5.73 Å². The molecule has 0 aliphatic heterocycles. The zero-order chi connectivity index (χ0) is 16.4. The van der Waals surface area contributed by atoms with E-state index < -0.39 is 0 Å². The highest BCUT2D eigenvalue weighted by Gasteiger charge is 2.26. The molecule has 0 heterocycles. The first-order chi connectivity index (χ1) is 9.48. The lowest BCUT2D eigenvalue weighted by molar-refractivity contribution is 0.429. The number of aromatic hydroxyl groups is 1. The Bertz CT molecular complexity index is 478. The number of phenols is 1. The maximum atomic E-state index is 10.7. The Kier molecular flexibility index (Phi) is 5.49. The zero-order valence-electron chi connectivity index (χ0n) is 14.9. The summed E-state index contributed by atoms with van der Waals surface area (Å²) in [5.41, 5.74) is 9.45. The Hall–Kier alpha value is -1.02. The summed E-state index contributed by atoms with van der Waals surface area (Å²) in [7, 11) is 0. The molecular formula is C19H33NO. The van der Waals surface area contributed by atoms with Crippen LogP contribution in [-0.4, -0.2) is 5.11 Å². The van der Waals surface area contributed by atoms with Crippen LogP contribution in [0.15, 0.2) is 12.1 Å². The summed E-state index contributed by atoms with van der Waals surface area (Å²) >= 11 is 0. The smallest absolute Gasteiger partial charge is 0.124 e. The third-order valence-corrected chi connectivity index (χ3v) is 4.08. The van der Waals surface area contributed by atoms with Crippen molar-refractivity contribution in [3.05, 3.63) is 28.8 Å². The molecule has 1 atom stereocenters. The molecule has 1 rings (SSSR count). The van der Waals surface area contributed by atoms with Gasteiger partial charge in [-0.25, -0.2) is 0 Å². The van der Waals surface area contributed by atoms with E-state index in [1.807, 2.05) is 0 Å². The van der Waals surface area contributed by atoms with Crippen LogP contribution in [0.4, 0.5) is 0 Å². The number of rotatable bonds is 4. The third kappa shape index (κ3) is 4.47. The van der Waals surface area contributed by atoms with Crippen LogP contribution in [0.3, 0.4) is 0 Å². The second-order valence-corrected chi connectivity index (χ2v) is 8.21. The predicted molar refractivity (Wildman–Crippen MR) is 92.0 cm³/mol. The van der Waals surface area contributed by atoms with Gasteiger partial charge in [0.1, 0.15) is 5.75 Å². The van der Waals surface area contributed by atoms with Crippen molar-refractivity contribution in [2.45, 2.75) is 84.6 Å². The number of nitrogens with two attached hydrogens (primary N) is 1. The summed E-state index contributed by atoms with van der Waals surface area (Å²) in [6.45, 7) is 15.2. The Morgan fingerprint density at radius 1 is 1.05 bits per heavy atom. The minimum Gasteiger partial charge on any atom is -0.507 e. The summed E-state index contributed by atoms with van der Waals surface area (Å²) in [5, 5.41) is 10.7. The molecule has 120 valence electrons. The van der Waals surface area contributed by atoms with Crippen LogP contribution in [0, 0.1) is 0 Å². The molecule has 3 N–H and O–H groups in total. The van der Waals surface area contributed by atoms with Crippen molar-refractivity contribution in [1.82, 2.24) is 0 Å². The van der Waals surface area contributed by atoms with Crippen LogP contribution in [0.5, 0.6) is 5.75 Å². The van der Waals surface area contributed by atoms with E-state index in [2.05, 4.69) is 60.6 Å². The first-order valence-corrected chi connectivity index (χ1v) is 8.12. The quantitative estimate of drug-likeness (QED) is 0.803. The highest BCUT2D eigenvalue weighted by molar-refractivity contribution is 5.49. The van der Waals surface area contributed by atoms with E-state index in [9.17, 15) is 5.11 Å². The Labute approximate surface area is 130 Å². The average Bonchev–Trinajstić information content (AvgIpc) is 2.33. The highest BCUT2D eigenvalue weighted by atomic mass is 16.3. The van der Waals surface area contributed by atoms with Crippen molar-refractivity contribution in [2.24, 2.45) is 5.73 Å². The minimum atomic E-state index is -0.0927. The van der Waals surface area contributed by atoms with E-state index >= 15 is 0 Å². The Morgan fingerprint density at radius 3 is 2.05 bits per heavy atom. The van der Waals surface area contributed by atoms with E-state index in [1.165, 1.54) is 5.56 Å². The molecule has 0 aliphatic rings. The van der Waals surface area contributed by atoms with Gasteiger partial charge in [0.05, 0.1) is 0 Å². The molecule has 0 saturated carbocycles. The summed E-state index contributed by atoms with van der Waals surface area (Å²) in [5.74, 6) is 0.388. The van der Waals surface area contributed by atoms with Crippen LogP contribution >= 0.6 is 0 Å². The Balaban J connectivity index is 3.42. The molecule has 2 heteroatoms. The van der Waals surface area contributed by atoms with Crippen molar-refractivity contribution in [3.8, 4) is 5.75 Å². The van der Waals surface area contributed by atoms with Gasteiger partial charge in [-0.05, 0) is 34.4 Å². The fraction of sp³-hybridized carbons (Fsp3) is 0.684. The standard InChI is InChI=1S/C19H33NO/c1-8-9-10-16(20)14-11-13(18(2,3)4)12-15(17(14)21)19(5,6)7/h11-12,16,21H,8-10,20H2,1-7H3/t16-/m0/s1. The normalized spacial score (nSPS) is 14.3. The van der Waals surface area contributed by atoms with Crippen molar-refractivity contribution >= 4 is 0 Å². The van der Waals surface area contributed by atoms with Gasteiger partial charge in [0, 0.05) is 11.6 Å². The monoisotopic (exact) mass is 291 g/mol. The van der Waals surface area contributed by atoms with Crippen LogP contribution < -0.4 is 5.73 Å². The molecule has 0 amide bonds. The molecule has 21 heavy (non-hydrogen) atoms. The largest absolute Gasteiger partial charge is 0.507 e. The summed E-state index contributed by atoms with van der Waals surface area (Å²) in [6, 6.07) is 4.16. The zero-order valence-corrected chi connectivity index (χ0v) is 14.9. The summed E-state index contributed by atoms with van der Waals surface area (Å²) < 4.78 is 0. The van der Waals surface area contributed by atoms with Crippen molar-refractivity contribution in [2.75, 3.05) is 0 Å². The van der Waals surface area contributed by atoms with Gasteiger partial charge in [-0.3, -0.25) is 0 Å². The van der Waals surface area contributed by atoms with Gasteiger partial charge in [-0.2, -0.15) is 0 Å². The lowest BCUT2D eigenvalue weighted by Gasteiger charge is -2.29. The van der Waals surface area contributed by atoms with Crippen molar-refractivity contribution < 1.29 is 5.11 Å². The predicted octanol–water partition coefficient (Wildman–Crippen LogP) is 5.18. The highest BCUT2D eigenvalue weighted by Crippen LogP contribution is 2.40. The van der Waals surface area contributed by atoms with E-state index in [0.29, 0.717) is 5.75 Å². The Morgan fingerprint density at radius 2 is 1.62 bits per heavy atom. The second kappa shape index (κ2) is 6.39. The van der Waals surface area contributed by atoms with Gasteiger partial charge < -0.3 is 10.8 Å². The van der Waals surface area contributed by atoms with E-state index in [0.717, 1.165) is 30.4 Å². The van der Waals surface area contributed by atoms with Gasteiger partial charge in [0.15, 0.2) is 0 Å². The molecule has 0 radical (unpaired) electrons. The van der Waals surface area contributed by atoms with Gasteiger partial charge in [0.2, 0.25) is 0 Å². The van der Waals surface area contributed by atoms with Crippen molar-refractivity contribution in [1.29, 1.82) is 0 Å².